The van der Waals surface area contributed by atoms with E-state index >= 15 is 0 Å². The van der Waals surface area contributed by atoms with Crippen LogP contribution in [0.5, 0.6) is 0 Å². The van der Waals surface area contributed by atoms with Gasteiger partial charge in [0.2, 0.25) is 0 Å². The fourth-order valence-corrected chi connectivity index (χ4v) is 1.87. The molecule has 0 unspecified atom stereocenters. The van der Waals surface area contributed by atoms with Gasteiger partial charge >= 0.3 is 6.09 Å². The Morgan fingerprint density at radius 1 is 1.64 bits per heavy atom. The van der Waals surface area contributed by atoms with Crippen molar-refractivity contribution in [3.8, 4) is 0 Å². The van der Waals surface area contributed by atoms with E-state index in [4.69, 9.17) is 5.11 Å². The molecule has 1 N–H and O–H groups in total. The highest BCUT2D eigenvalue weighted by Gasteiger charge is 2.29. The van der Waals surface area contributed by atoms with E-state index in [1.807, 2.05) is 0 Å². The maximum atomic E-state index is 10.7. The Balaban J connectivity index is 2.48. The molecule has 1 fully saturated rings. The lowest BCUT2D eigenvalue weighted by atomic mass is 10.2. The highest BCUT2D eigenvalue weighted by molar-refractivity contribution is 7.85. The Labute approximate surface area is 82.6 Å². The van der Waals surface area contributed by atoms with Gasteiger partial charge < -0.3 is 10.0 Å². The summed E-state index contributed by atoms with van der Waals surface area (Å²) in [6.45, 7) is 0.373. The minimum atomic E-state index is -3.48. The molecule has 1 aliphatic rings. The Morgan fingerprint density at radius 2 is 2.29 bits per heavy atom. The van der Waals surface area contributed by atoms with Crippen LogP contribution in [0.2, 0.25) is 0 Å². The normalized spacial score (nSPS) is 22.6. The number of nitrogens with zero attached hydrogens (tertiary/aromatic N) is 1. The quantitative estimate of drug-likeness (QED) is 0.686. The molecular weight excluding hydrogens is 210 g/mol. The van der Waals surface area contributed by atoms with E-state index in [2.05, 4.69) is 4.18 Å². The van der Waals surface area contributed by atoms with Crippen LogP contribution in [0.4, 0.5) is 4.79 Å². The third-order valence-electron chi connectivity index (χ3n) is 2.10. The number of carboxylic acid groups (broad SMARTS) is 1. The fraction of sp³-hybridized carbons (Fsp3) is 0.857. The molecule has 0 saturated carbocycles. The minimum absolute atomic E-state index is 0.0782. The van der Waals surface area contributed by atoms with Gasteiger partial charge in [-0.25, -0.2) is 4.79 Å². The summed E-state index contributed by atoms with van der Waals surface area (Å²) in [5.74, 6) is 0. The predicted octanol–water partition coefficient (Wildman–Crippen LogP) is 0.105. The number of amides is 1. The van der Waals surface area contributed by atoms with E-state index < -0.39 is 16.2 Å². The lowest BCUT2D eigenvalue weighted by Crippen LogP contribution is -2.37. The highest BCUT2D eigenvalue weighted by Crippen LogP contribution is 2.17. The van der Waals surface area contributed by atoms with Crippen LogP contribution in [-0.2, 0) is 14.3 Å². The lowest BCUT2D eigenvalue weighted by molar-refractivity contribution is 0.124. The standard InChI is InChI=1S/C7H13NO5S/c1-14(11,12)13-5-6-3-2-4-8(6)7(9)10/h6H,2-5H2,1H3,(H,9,10)/t6-/m1/s1. The minimum Gasteiger partial charge on any atom is -0.465 e. The first-order valence-corrected chi connectivity index (χ1v) is 6.06. The molecule has 0 aromatic rings. The van der Waals surface area contributed by atoms with Crippen LogP contribution in [0.3, 0.4) is 0 Å². The first kappa shape index (κ1) is 11.3. The van der Waals surface area contributed by atoms with E-state index in [1.54, 1.807) is 0 Å². The van der Waals surface area contributed by atoms with Crippen molar-refractivity contribution >= 4 is 16.2 Å². The second kappa shape index (κ2) is 4.14. The van der Waals surface area contributed by atoms with Crippen molar-refractivity contribution in [3.63, 3.8) is 0 Å². The zero-order valence-electron chi connectivity index (χ0n) is 7.84. The fourth-order valence-electron chi connectivity index (χ4n) is 1.46. The third kappa shape index (κ3) is 3.15. The molecule has 1 heterocycles. The van der Waals surface area contributed by atoms with Gasteiger partial charge in [-0.1, -0.05) is 0 Å². The summed E-state index contributed by atoms with van der Waals surface area (Å²) in [6.07, 6.45) is 1.34. The van der Waals surface area contributed by atoms with E-state index in [-0.39, 0.29) is 12.6 Å². The van der Waals surface area contributed by atoms with Crippen molar-refractivity contribution in [2.75, 3.05) is 19.4 Å². The second-order valence-electron chi connectivity index (χ2n) is 3.26. The van der Waals surface area contributed by atoms with Crippen LogP contribution in [-0.4, -0.2) is 50.0 Å². The SMILES string of the molecule is CS(=O)(=O)OC[C@H]1CCCN1C(=O)O. The zero-order valence-corrected chi connectivity index (χ0v) is 8.66. The molecule has 1 rings (SSSR count). The average Bonchev–Trinajstić information content (AvgIpc) is 2.46. The molecule has 1 amide bonds. The Kier molecular flexibility index (Phi) is 3.33. The first-order valence-electron chi connectivity index (χ1n) is 4.24. The summed E-state index contributed by atoms with van der Waals surface area (Å²) in [4.78, 5) is 11.9. The van der Waals surface area contributed by atoms with Crippen LogP contribution in [0.25, 0.3) is 0 Å². The number of likely N-dealkylation sites (tertiary alicyclic amines) is 1. The van der Waals surface area contributed by atoms with Gasteiger partial charge in [0.1, 0.15) is 0 Å². The molecule has 0 radical (unpaired) electrons. The molecular formula is C7H13NO5S. The first-order chi connectivity index (χ1) is 6.40. The summed E-state index contributed by atoms with van der Waals surface area (Å²) in [6, 6.07) is -0.331. The molecule has 0 aromatic carbocycles. The van der Waals surface area contributed by atoms with Crippen molar-refractivity contribution < 1.29 is 22.5 Å². The van der Waals surface area contributed by atoms with Crippen LogP contribution in [0.15, 0.2) is 0 Å². The molecule has 6 nitrogen and oxygen atoms in total. The second-order valence-corrected chi connectivity index (χ2v) is 4.90. The van der Waals surface area contributed by atoms with Gasteiger partial charge in [0.15, 0.2) is 0 Å². The van der Waals surface area contributed by atoms with Crippen molar-refractivity contribution in [1.29, 1.82) is 0 Å². The summed E-state index contributed by atoms with van der Waals surface area (Å²) in [5.41, 5.74) is 0. The van der Waals surface area contributed by atoms with Crippen molar-refractivity contribution in [1.82, 2.24) is 4.90 Å². The molecule has 14 heavy (non-hydrogen) atoms. The number of hydrogen-bond acceptors (Lipinski definition) is 4. The highest BCUT2D eigenvalue weighted by atomic mass is 32.2. The van der Waals surface area contributed by atoms with Gasteiger partial charge in [0.05, 0.1) is 18.9 Å². The topological polar surface area (TPSA) is 83.9 Å². The largest absolute Gasteiger partial charge is 0.465 e. The third-order valence-corrected chi connectivity index (χ3v) is 2.66. The van der Waals surface area contributed by atoms with Gasteiger partial charge in [-0.3, -0.25) is 4.18 Å². The predicted molar refractivity (Wildman–Crippen MR) is 48.5 cm³/mol. The zero-order chi connectivity index (χ0) is 10.8. The molecule has 1 aliphatic heterocycles. The average molecular weight is 223 g/mol. The van der Waals surface area contributed by atoms with Crippen LogP contribution < -0.4 is 0 Å². The van der Waals surface area contributed by atoms with Crippen molar-refractivity contribution in [3.05, 3.63) is 0 Å². The molecule has 82 valence electrons. The van der Waals surface area contributed by atoms with Crippen molar-refractivity contribution in [2.24, 2.45) is 0 Å². The number of hydrogen-bond donors (Lipinski definition) is 1. The monoisotopic (exact) mass is 223 g/mol. The Hall–Kier alpha value is -0.820. The Bertz CT molecular complexity index is 312. The van der Waals surface area contributed by atoms with Gasteiger partial charge in [-0.2, -0.15) is 8.42 Å². The van der Waals surface area contributed by atoms with Crippen LogP contribution in [0.1, 0.15) is 12.8 Å². The van der Waals surface area contributed by atoms with E-state index in [9.17, 15) is 13.2 Å². The lowest BCUT2D eigenvalue weighted by Gasteiger charge is -2.20. The summed E-state index contributed by atoms with van der Waals surface area (Å²) < 4.78 is 25.9. The van der Waals surface area contributed by atoms with E-state index in [1.165, 1.54) is 4.90 Å². The summed E-state index contributed by atoms with van der Waals surface area (Å²) in [5, 5.41) is 8.73. The summed E-state index contributed by atoms with van der Waals surface area (Å²) >= 11 is 0. The van der Waals surface area contributed by atoms with Gasteiger partial charge in [-0.05, 0) is 12.8 Å². The van der Waals surface area contributed by atoms with Gasteiger partial charge in [0.25, 0.3) is 10.1 Å². The van der Waals surface area contributed by atoms with Crippen LogP contribution >= 0.6 is 0 Å². The number of rotatable bonds is 3. The van der Waals surface area contributed by atoms with Crippen LogP contribution in [0, 0.1) is 0 Å². The molecule has 0 aromatic heterocycles. The smallest absolute Gasteiger partial charge is 0.407 e. The van der Waals surface area contributed by atoms with Gasteiger partial charge in [0, 0.05) is 6.54 Å². The maximum Gasteiger partial charge on any atom is 0.407 e. The van der Waals surface area contributed by atoms with Crippen molar-refractivity contribution in [2.45, 2.75) is 18.9 Å². The molecule has 0 spiro atoms. The molecule has 1 saturated heterocycles. The number of carbonyl (C=O) groups is 1. The molecule has 7 heteroatoms. The summed E-state index contributed by atoms with van der Waals surface area (Å²) in [7, 11) is -3.48. The maximum absolute atomic E-state index is 10.7. The molecule has 1 atom stereocenters. The van der Waals surface area contributed by atoms with E-state index in [0.717, 1.165) is 12.7 Å². The molecule has 0 aliphatic carbocycles. The van der Waals surface area contributed by atoms with E-state index in [0.29, 0.717) is 13.0 Å². The Morgan fingerprint density at radius 3 is 2.79 bits per heavy atom. The van der Waals surface area contributed by atoms with Gasteiger partial charge in [-0.15, -0.1) is 0 Å². The molecule has 0 bridgehead atoms.